The third kappa shape index (κ3) is 4.97. The van der Waals surface area contributed by atoms with Gasteiger partial charge in [0.15, 0.2) is 17.2 Å². The number of carbonyl (C=O) groups is 2. The van der Waals surface area contributed by atoms with Gasteiger partial charge in [-0.25, -0.2) is 4.98 Å². The van der Waals surface area contributed by atoms with Crippen molar-refractivity contribution in [3.05, 3.63) is 114 Å². The van der Waals surface area contributed by atoms with Crippen LogP contribution in [0.25, 0.3) is 33.9 Å². The number of nitrogens with one attached hydrogen (secondary N) is 1. The van der Waals surface area contributed by atoms with Crippen molar-refractivity contribution in [2.45, 2.75) is 6.92 Å². The summed E-state index contributed by atoms with van der Waals surface area (Å²) < 4.78 is 6.33. The van der Waals surface area contributed by atoms with Crippen LogP contribution in [0.3, 0.4) is 0 Å². The lowest BCUT2D eigenvalue weighted by Gasteiger charge is -2.12. The van der Waals surface area contributed by atoms with Crippen LogP contribution in [0, 0.1) is 0 Å². The molecule has 1 heterocycles. The predicted molar refractivity (Wildman–Crippen MR) is 152 cm³/mol. The number of para-hydroxylation sites is 1. The molecular formula is C32H27N3O3. The highest BCUT2D eigenvalue weighted by Gasteiger charge is 2.24. The van der Waals surface area contributed by atoms with E-state index < -0.39 is 5.91 Å². The molecule has 0 radical (unpaired) electrons. The van der Waals surface area contributed by atoms with Crippen molar-refractivity contribution in [2.75, 3.05) is 24.3 Å². The largest absolute Gasteiger partial charge is 0.435 e. The summed E-state index contributed by atoms with van der Waals surface area (Å²) in [6, 6.07) is 32.4. The van der Waals surface area contributed by atoms with E-state index in [1.807, 2.05) is 97.9 Å². The van der Waals surface area contributed by atoms with E-state index in [1.165, 1.54) is 6.92 Å². The summed E-state index contributed by atoms with van der Waals surface area (Å²) in [7, 11) is 3.93. The van der Waals surface area contributed by atoms with Gasteiger partial charge in [-0.05, 0) is 60.5 Å². The quantitative estimate of drug-likeness (QED) is 0.239. The predicted octanol–water partition coefficient (Wildman–Crippen LogP) is 7.20. The highest BCUT2D eigenvalue weighted by atomic mass is 16.4. The van der Waals surface area contributed by atoms with Crippen molar-refractivity contribution in [1.82, 2.24) is 4.98 Å². The Morgan fingerprint density at radius 3 is 2.05 bits per heavy atom. The molecular weight excluding hydrogens is 474 g/mol. The van der Waals surface area contributed by atoms with Crippen molar-refractivity contribution in [3.63, 3.8) is 0 Å². The van der Waals surface area contributed by atoms with Crippen LogP contribution >= 0.6 is 0 Å². The summed E-state index contributed by atoms with van der Waals surface area (Å²) in [6.07, 6.45) is 0. The van der Waals surface area contributed by atoms with E-state index in [2.05, 4.69) is 5.32 Å². The Morgan fingerprint density at radius 1 is 0.737 bits per heavy atom. The minimum Gasteiger partial charge on any atom is -0.435 e. The van der Waals surface area contributed by atoms with E-state index in [1.54, 1.807) is 24.3 Å². The van der Waals surface area contributed by atoms with Gasteiger partial charge in [0.1, 0.15) is 0 Å². The third-order valence-corrected chi connectivity index (χ3v) is 6.28. The van der Waals surface area contributed by atoms with Crippen LogP contribution in [0.5, 0.6) is 0 Å². The molecule has 1 N–H and O–H groups in total. The van der Waals surface area contributed by atoms with Gasteiger partial charge in [0.05, 0.1) is 5.69 Å². The van der Waals surface area contributed by atoms with Crippen LogP contribution in [0.4, 0.5) is 11.4 Å². The molecule has 0 fully saturated rings. The van der Waals surface area contributed by atoms with E-state index in [-0.39, 0.29) is 11.5 Å². The molecule has 1 aromatic heterocycles. The monoisotopic (exact) mass is 501 g/mol. The highest BCUT2D eigenvalue weighted by molar-refractivity contribution is 6.10. The van der Waals surface area contributed by atoms with Crippen LogP contribution in [-0.2, 0) is 0 Å². The Balaban J connectivity index is 1.63. The van der Waals surface area contributed by atoms with Crippen molar-refractivity contribution in [3.8, 4) is 33.9 Å². The van der Waals surface area contributed by atoms with Gasteiger partial charge in [0.2, 0.25) is 5.89 Å². The molecule has 0 spiro atoms. The van der Waals surface area contributed by atoms with E-state index >= 15 is 0 Å². The molecule has 0 atom stereocenters. The lowest BCUT2D eigenvalue weighted by Crippen LogP contribution is -2.15. The molecule has 6 nitrogen and oxygen atoms in total. The summed E-state index contributed by atoms with van der Waals surface area (Å²) in [4.78, 5) is 32.4. The number of oxazole rings is 1. The molecule has 0 aliphatic carbocycles. The summed E-state index contributed by atoms with van der Waals surface area (Å²) in [5.74, 6) is 0.0859. The number of aromatic nitrogens is 1. The fraction of sp³-hybridized carbons (Fsp3) is 0.0938. The van der Waals surface area contributed by atoms with Crippen LogP contribution < -0.4 is 10.2 Å². The Bertz CT molecular complexity index is 1600. The average Bonchev–Trinajstić information content (AvgIpc) is 3.39. The molecule has 0 bridgehead atoms. The smallest absolute Gasteiger partial charge is 0.278 e. The molecule has 5 rings (SSSR count). The third-order valence-electron chi connectivity index (χ3n) is 6.28. The Labute approximate surface area is 221 Å². The second-order valence-electron chi connectivity index (χ2n) is 9.11. The summed E-state index contributed by atoms with van der Waals surface area (Å²) >= 11 is 0. The van der Waals surface area contributed by atoms with E-state index in [0.29, 0.717) is 22.9 Å². The van der Waals surface area contributed by atoms with E-state index in [9.17, 15) is 9.59 Å². The SMILES string of the molecule is CC(=O)c1ccccc1NC(=O)c1nc(-c2ccccc2-c2ccccc2)oc1-c1ccc(N(C)C)cc1. The zero-order chi connectivity index (χ0) is 26.6. The second-order valence-corrected chi connectivity index (χ2v) is 9.11. The Hall–Kier alpha value is -4.97. The Kier molecular flexibility index (Phi) is 6.87. The molecule has 0 unspecified atom stereocenters. The second kappa shape index (κ2) is 10.6. The first-order valence-electron chi connectivity index (χ1n) is 12.3. The molecule has 1 amide bonds. The normalized spacial score (nSPS) is 10.7. The molecule has 38 heavy (non-hydrogen) atoms. The van der Waals surface area contributed by atoms with Crippen molar-refractivity contribution >= 4 is 23.1 Å². The average molecular weight is 502 g/mol. The summed E-state index contributed by atoms with van der Waals surface area (Å²) in [6.45, 7) is 1.47. The first-order chi connectivity index (χ1) is 18.4. The van der Waals surface area contributed by atoms with Gasteiger partial charge in [-0.2, -0.15) is 0 Å². The molecule has 5 aromatic rings. The number of hydrogen-bond acceptors (Lipinski definition) is 5. The Morgan fingerprint density at radius 2 is 1.37 bits per heavy atom. The maximum absolute atomic E-state index is 13.6. The summed E-state index contributed by atoms with van der Waals surface area (Å²) in [5, 5.41) is 2.87. The van der Waals surface area contributed by atoms with Gasteiger partial charge >= 0.3 is 0 Å². The first kappa shape index (κ1) is 24.7. The fourth-order valence-corrected chi connectivity index (χ4v) is 4.32. The number of amides is 1. The molecule has 0 aliphatic heterocycles. The molecule has 0 aliphatic rings. The maximum Gasteiger partial charge on any atom is 0.278 e. The highest BCUT2D eigenvalue weighted by Crippen LogP contribution is 2.36. The molecule has 4 aromatic carbocycles. The minimum atomic E-state index is -0.461. The fourth-order valence-electron chi connectivity index (χ4n) is 4.32. The lowest BCUT2D eigenvalue weighted by atomic mass is 10.00. The first-order valence-corrected chi connectivity index (χ1v) is 12.3. The van der Waals surface area contributed by atoms with E-state index in [4.69, 9.17) is 9.40 Å². The topological polar surface area (TPSA) is 75.4 Å². The molecule has 188 valence electrons. The number of nitrogens with zero attached hydrogens (tertiary/aromatic N) is 2. The van der Waals surface area contributed by atoms with Gasteiger partial charge < -0.3 is 14.6 Å². The zero-order valence-corrected chi connectivity index (χ0v) is 21.4. The van der Waals surface area contributed by atoms with Crippen molar-refractivity contribution in [2.24, 2.45) is 0 Å². The minimum absolute atomic E-state index is 0.138. The van der Waals surface area contributed by atoms with Crippen LogP contribution in [0.1, 0.15) is 27.8 Å². The number of rotatable bonds is 7. The van der Waals surface area contributed by atoms with E-state index in [0.717, 1.165) is 27.9 Å². The number of benzene rings is 4. The number of hydrogen-bond donors (Lipinski definition) is 1. The number of Topliss-reactive ketones (excluding diaryl/α,β-unsaturated/α-hetero) is 1. The van der Waals surface area contributed by atoms with Crippen molar-refractivity contribution in [1.29, 1.82) is 0 Å². The molecule has 0 saturated carbocycles. The lowest BCUT2D eigenvalue weighted by molar-refractivity contribution is 0.101. The number of ketones is 1. The zero-order valence-electron chi connectivity index (χ0n) is 21.4. The standard InChI is InChI=1S/C32H27N3O3/c1-21(36)25-13-9-10-16-28(25)33-31(37)29-30(23-17-19-24(20-18-23)35(2)3)38-32(34-29)27-15-8-7-14-26(27)22-11-5-4-6-12-22/h4-20H,1-3H3,(H,33,37). The van der Waals surface area contributed by atoms with Gasteiger partial charge in [0, 0.05) is 36.5 Å². The van der Waals surface area contributed by atoms with Crippen molar-refractivity contribution < 1.29 is 14.0 Å². The number of carbonyl (C=O) groups excluding carboxylic acids is 2. The van der Waals surface area contributed by atoms with Gasteiger partial charge in [-0.1, -0.05) is 60.7 Å². The molecule has 0 saturated heterocycles. The van der Waals surface area contributed by atoms with Gasteiger partial charge in [-0.15, -0.1) is 0 Å². The molecule has 6 heteroatoms. The van der Waals surface area contributed by atoms with Crippen LogP contribution in [0.2, 0.25) is 0 Å². The van der Waals surface area contributed by atoms with Gasteiger partial charge in [-0.3, -0.25) is 9.59 Å². The van der Waals surface area contributed by atoms with Crippen LogP contribution in [-0.4, -0.2) is 30.8 Å². The summed E-state index contributed by atoms with van der Waals surface area (Å²) in [5.41, 5.74) is 5.45. The van der Waals surface area contributed by atoms with Crippen LogP contribution in [0.15, 0.2) is 108 Å². The number of anilines is 2. The maximum atomic E-state index is 13.6. The van der Waals surface area contributed by atoms with Gasteiger partial charge in [0.25, 0.3) is 5.91 Å².